The van der Waals surface area contributed by atoms with Crippen LogP contribution in [0.25, 0.3) is 11.3 Å². The Morgan fingerprint density at radius 3 is 2.50 bits per heavy atom. The Bertz CT molecular complexity index is 1310. The molecule has 10 heteroatoms. The molecule has 0 unspecified atom stereocenters. The number of hydrogen-bond acceptors (Lipinski definition) is 7. The molecule has 3 heterocycles. The molecule has 0 radical (unpaired) electrons. The van der Waals surface area contributed by atoms with Gasteiger partial charge in [-0.1, -0.05) is 19.3 Å². The third-order valence-electron chi connectivity index (χ3n) is 7.61. The monoisotopic (exact) mass is 524 g/mol. The Hall–Kier alpha value is -3.53. The second-order valence-corrected chi connectivity index (χ2v) is 10.1. The predicted molar refractivity (Wildman–Crippen MR) is 142 cm³/mol. The third-order valence-corrected chi connectivity index (χ3v) is 7.61. The third kappa shape index (κ3) is 4.97. The number of nitrogens with zero attached hydrogens (tertiary/aromatic N) is 4. The summed E-state index contributed by atoms with van der Waals surface area (Å²) >= 11 is 0. The lowest BCUT2D eigenvalue weighted by atomic mass is 9.93. The molecule has 2 aliphatic heterocycles. The zero-order valence-corrected chi connectivity index (χ0v) is 21.2. The van der Waals surface area contributed by atoms with Crippen molar-refractivity contribution in [1.82, 2.24) is 15.3 Å². The van der Waals surface area contributed by atoms with E-state index in [1.807, 2.05) is 4.90 Å². The van der Waals surface area contributed by atoms with Crippen LogP contribution >= 0.6 is 0 Å². The molecule has 3 aromatic rings. The van der Waals surface area contributed by atoms with Crippen molar-refractivity contribution < 1.29 is 17.9 Å². The maximum atomic E-state index is 15.2. The summed E-state index contributed by atoms with van der Waals surface area (Å²) in [7, 11) is 0. The number of anilines is 4. The molecule has 2 N–H and O–H groups in total. The van der Waals surface area contributed by atoms with E-state index in [4.69, 9.17) is 4.74 Å². The minimum absolute atomic E-state index is 0.0312. The molecular formula is C28H31F3N6O. The molecule has 3 aliphatic rings. The van der Waals surface area contributed by atoms with Gasteiger partial charge >= 0.3 is 0 Å². The smallest absolute Gasteiger partial charge is 0.227 e. The van der Waals surface area contributed by atoms with Crippen molar-refractivity contribution in [3.05, 3.63) is 54.0 Å². The number of nitrogens with one attached hydrogen (secondary N) is 2. The Morgan fingerprint density at radius 2 is 1.71 bits per heavy atom. The van der Waals surface area contributed by atoms with Gasteiger partial charge < -0.3 is 25.2 Å². The van der Waals surface area contributed by atoms with Crippen LogP contribution in [0.3, 0.4) is 0 Å². The molecule has 1 saturated heterocycles. The quantitative estimate of drug-likeness (QED) is 0.473. The predicted octanol–water partition coefficient (Wildman–Crippen LogP) is 5.25. The molecule has 38 heavy (non-hydrogen) atoms. The second kappa shape index (κ2) is 10.7. The van der Waals surface area contributed by atoms with Gasteiger partial charge in [0.15, 0.2) is 17.4 Å². The topological polar surface area (TPSA) is 65.5 Å². The Labute approximate surface area is 220 Å². The summed E-state index contributed by atoms with van der Waals surface area (Å²) in [6.07, 6.45) is 6.64. The van der Waals surface area contributed by atoms with Crippen molar-refractivity contribution in [1.29, 1.82) is 0 Å². The zero-order chi connectivity index (χ0) is 26.1. The highest BCUT2D eigenvalue weighted by atomic mass is 19.1. The minimum atomic E-state index is -0.670. The van der Waals surface area contributed by atoms with Crippen molar-refractivity contribution in [2.45, 2.75) is 38.1 Å². The molecule has 2 fully saturated rings. The molecule has 0 bridgehead atoms. The van der Waals surface area contributed by atoms with Crippen molar-refractivity contribution >= 4 is 23.0 Å². The summed E-state index contributed by atoms with van der Waals surface area (Å²) in [4.78, 5) is 12.6. The van der Waals surface area contributed by atoms with Crippen LogP contribution in [-0.2, 0) is 0 Å². The standard InChI is InChI=1S/C28H31F3N6O/c29-21-16-19(6-7-24(21)36-10-8-32-9-11-36)34-28-33-17-23(31)26(35-28)18-14-22(30)27-25(15-18)37(12-13-38-27)20-4-2-1-3-5-20/h6-7,14-17,20,32H,1-5,8-13H2,(H,33,34,35). The van der Waals surface area contributed by atoms with Crippen LogP contribution in [0.5, 0.6) is 5.75 Å². The van der Waals surface area contributed by atoms with E-state index in [1.54, 1.807) is 18.2 Å². The Kier molecular flexibility index (Phi) is 6.97. The lowest BCUT2D eigenvalue weighted by molar-refractivity contribution is 0.276. The van der Waals surface area contributed by atoms with E-state index in [-0.39, 0.29) is 23.2 Å². The Balaban J connectivity index is 1.28. The van der Waals surface area contributed by atoms with Crippen molar-refractivity contribution in [2.75, 3.05) is 54.4 Å². The zero-order valence-electron chi connectivity index (χ0n) is 21.2. The van der Waals surface area contributed by atoms with Gasteiger partial charge in [-0.2, -0.15) is 0 Å². The van der Waals surface area contributed by atoms with Gasteiger partial charge in [-0.05, 0) is 43.2 Å². The van der Waals surface area contributed by atoms with Crippen LogP contribution in [0.1, 0.15) is 32.1 Å². The molecule has 0 spiro atoms. The average molecular weight is 525 g/mol. The fourth-order valence-corrected chi connectivity index (χ4v) is 5.72. The second-order valence-electron chi connectivity index (χ2n) is 10.1. The van der Waals surface area contributed by atoms with Gasteiger partial charge in [0.05, 0.1) is 24.1 Å². The lowest BCUT2D eigenvalue weighted by Crippen LogP contribution is -2.43. The summed E-state index contributed by atoms with van der Waals surface area (Å²) in [5.74, 6) is -1.28. The van der Waals surface area contributed by atoms with Crippen LogP contribution in [0, 0.1) is 17.5 Å². The SMILES string of the molecule is Fc1cc(Nc2ncc(F)c(-c3cc(F)c4c(c3)N(C3CCCCC3)CCO4)n2)ccc1N1CCNCC1. The maximum Gasteiger partial charge on any atom is 0.227 e. The van der Waals surface area contributed by atoms with Crippen molar-refractivity contribution in [2.24, 2.45) is 0 Å². The highest BCUT2D eigenvalue weighted by Gasteiger charge is 2.29. The van der Waals surface area contributed by atoms with E-state index in [1.165, 1.54) is 18.6 Å². The minimum Gasteiger partial charge on any atom is -0.486 e. The summed E-state index contributed by atoms with van der Waals surface area (Å²) in [5.41, 5.74) is 1.88. The van der Waals surface area contributed by atoms with Gasteiger partial charge in [0, 0.05) is 43.5 Å². The number of piperazine rings is 1. The van der Waals surface area contributed by atoms with Crippen LogP contribution in [0.15, 0.2) is 36.5 Å². The molecule has 1 aliphatic carbocycles. The van der Waals surface area contributed by atoms with E-state index >= 15 is 4.39 Å². The first-order chi connectivity index (χ1) is 18.6. The first kappa shape index (κ1) is 24.8. The molecule has 1 aromatic heterocycles. The van der Waals surface area contributed by atoms with E-state index in [0.29, 0.717) is 41.8 Å². The van der Waals surface area contributed by atoms with E-state index in [9.17, 15) is 8.78 Å². The molecule has 0 atom stereocenters. The fraction of sp³-hybridized carbons (Fsp3) is 0.429. The van der Waals surface area contributed by atoms with Gasteiger partial charge in [-0.25, -0.2) is 23.1 Å². The molecule has 6 rings (SSSR count). The Morgan fingerprint density at radius 1 is 0.895 bits per heavy atom. The van der Waals surface area contributed by atoms with Gasteiger partial charge in [0.25, 0.3) is 0 Å². The van der Waals surface area contributed by atoms with Crippen molar-refractivity contribution in [3.8, 4) is 17.0 Å². The molecular weight excluding hydrogens is 493 g/mol. The number of ether oxygens (including phenoxy) is 1. The number of halogens is 3. The summed E-state index contributed by atoms with van der Waals surface area (Å²) in [5, 5.41) is 6.21. The van der Waals surface area contributed by atoms with Crippen LogP contribution in [-0.4, -0.2) is 55.3 Å². The number of fused-ring (bicyclic) bond motifs is 1. The highest BCUT2D eigenvalue weighted by molar-refractivity contribution is 5.73. The molecule has 7 nitrogen and oxygen atoms in total. The van der Waals surface area contributed by atoms with Gasteiger partial charge in [0.1, 0.15) is 18.1 Å². The summed E-state index contributed by atoms with van der Waals surface area (Å²) in [6, 6.07) is 8.15. The number of aromatic nitrogens is 2. The molecule has 200 valence electrons. The van der Waals surface area contributed by atoms with Gasteiger partial charge in [-0.15, -0.1) is 0 Å². The molecule has 2 aromatic carbocycles. The first-order valence-corrected chi connectivity index (χ1v) is 13.3. The highest BCUT2D eigenvalue weighted by Crippen LogP contribution is 2.41. The van der Waals surface area contributed by atoms with Crippen LogP contribution in [0.4, 0.5) is 36.2 Å². The average Bonchev–Trinajstić information content (AvgIpc) is 2.95. The largest absolute Gasteiger partial charge is 0.486 e. The van der Waals surface area contributed by atoms with Crippen molar-refractivity contribution in [3.63, 3.8) is 0 Å². The van der Waals surface area contributed by atoms with Gasteiger partial charge in [-0.3, -0.25) is 0 Å². The fourth-order valence-electron chi connectivity index (χ4n) is 5.72. The molecule has 0 amide bonds. The molecule has 1 saturated carbocycles. The van der Waals surface area contributed by atoms with Crippen LogP contribution in [0.2, 0.25) is 0 Å². The summed E-state index contributed by atoms with van der Waals surface area (Å²) < 4.78 is 50.7. The first-order valence-electron chi connectivity index (χ1n) is 13.3. The number of hydrogen-bond donors (Lipinski definition) is 2. The lowest BCUT2D eigenvalue weighted by Gasteiger charge is -2.39. The normalized spacial score (nSPS) is 18.2. The van der Waals surface area contributed by atoms with Crippen LogP contribution < -0.4 is 25.2 Å². The number of rotatable bonds is 5. The van der Waals surface area contributed by atoms with E-state index in [0.717, 1.165) is 58.1 Å². The van der Waals surface area contributed by atoms with Gasteiger partial charge in [0.2, 0.25) is 5.95 Å². The summed E-state index contributed by atoms with van der Waals surface area (Å²) in [6.45, 7) is 4.15. The van der Waals surface area contributed by atoms with E-state index in [2.05, 4.69) is 25.5 Å². The number of benzene rings is 2. The van der Waals surface area contributed by atoms with E-state index < -0.39 is 11.6 Å². The maximum absolute atomic E-state index is 15.2.